The van der Waals surface area contributed by atoms with Crippen LogP contribution < -0.4 is 4.72 Å². The number of hydrogen-bond acceptors (Lipinski definition) is 5. The Kier molecular flexibility index (Phi) is 3.94. The molecule has 1 aliphatic rings. The molecule has 0 amide bonds. The smallest absolute Gasteiger partial charge is 0.301 e. The lowest BCUT2D eigenvalue weighted by Gasteiger charge is -2.17. The highest BCUT2D eigenvalue weighted by atomic mass is 32.2. The third-order valence-electron chi connectivity index (χ3n) is 3.04. The van der Waals surface area contributed by atoms with Gasteiger partial charge in [-0.1, -0.05) is 0 Å². The highest BCUT2D eigenvalue weighted by Gasteiger charge is 2.26. The summed E-state index contributed by atoms with van der Waals surface area (Å²) in [5, 5.41) is 9.67. The molecule has 0 bridgehead atoms. The van der Waals surface area contributed by atoms with E-state index in [4.69, 9.17) is 0 Å². The van der Waals surface area contributed by atoms with Crippen LogP contribution in [-0.2, 0) is 20.0 Å². The molecule has 0 aromatic heterocycles. The van der Waals surface area contributed by atoms with Gasteiger partial charge in [-0.3, -0.25) is 4.72 Å². The zero-order valence-electron chi connectivity index (χ0n) is 10.9. The molecule has 9 heteroatoms. The van der Waals surface area contributed by atoms with E-state index in [2.05, 4.69) is 4.72 Å². The van der Waals surface area contributed by atoms with Crippen molar-refractivity contribution < 1.29 is 21.9 Å². The van der Waals surface area contributed by atoms with Gasteiger partial charge in [0.25, 0.3) is 0 Å². The van der Waals surface area contributed by atoms with Gasteiger partial charge in [0, 0.05) is 19.3 Å². The van der Waals surface area contributed by atoms with E-state index in [9.17, 15) is 21.9 Å². The van der Waals surface area contributed by atoms with Crippen LogP contribution in [0.3, 0.4) is 0 Å². The number of anilines is 1. The van der Waals surface area contributed by atoms with Gasteiger partial charge >= 0.3 is 10.2 Å². The maximum atomic E-state index is 12.1. The molecule has 0 saturated carbocycles. The third-order valence-corrected chi connectivity index (χ3v) is 5.67. The normalized spacial score (nSPS) is 17.2. The molecule has 1 aromatic rings. The predicted octanol–water partition coefficient (Wildman–Crippen LogP) is 0.548. The summed E-state index contributed by atoms with van der Waals surface area (Å²) in [6, 6.07) is 3.48. The second-order valence-corrected chi connectivity index (χ2v) is 8.35. The standard InChI is InChI=1S/C11H16N2O5S2/c1-19(15,16)9-4-5-11(14)10(8-9)12-20(17,18)13-6-2-3-7-13/h4-5,8,12,14H,2-3,6-7H2,1H3. The molecular formula is C11H16N2O5S2. The molecule has 1 heterocycles. The molecule has 0 radical (unpaired) electrons. The molecular weight excluding hydrogens is 304 g/mol. The molecule has 2 N–H and O–H groups in total. The van der Waals surface area contributed by atoms with Crippen molar-refractivity contribution in [3.05, 3.63) is 18.2 Å². The fourth-order valence-electron chi connectivity index (χ4n) is 1.96. The van der Waals surface area contributed by atoms with Crippen molar-refractivity contribution in [2.24, 2.45) is 0 Å². The van der Waals surface area contributed by atoms with Crippen LogP contribution >= 0.6 is 0 Å². The van der Waals surface area contributed by atoms with E-state index >= 15 is 0 Å². The summed E-state index contributed by atoms with van der Waals surface area (Å²) in [5.41, 5.74) is -0.139. The van der Waals surface area contributed by atoms with Crippen LogP contribution in [0.25, 0.3) is 0 Å². The lowest BCUT2D eigenvalue weighted by Crippen LogP contribution is -2.33. The average molecular weight is 320 g/mol. The second kappa shape index (κ2) is 5.23. The Balaban J connectivity index is 2.33. The average Bonchev–Trinajstić information content (AvgIpc) is 2.84. The van der Waals surface area contributed by atoms with Gasteiger partial charge in [-0.15, -0.1) is 0 Å². The summed E-state index contributed by atoms with van der Waals surface area (Å²) < 4.78 is 50.5. The molecule has 0 atom stereocenters. The summed E-state index contributed by atoms with van der Waals surface area (Å²) >= 11 is 0. The van der Waals surface area contributed by atoms with Crippen molar-refractivity contribution in [1.82, 2.24) is 4.31 Å². The minimum Gasteiger partial charge on any atom is -0.506 e. The van der Waals surface area contributed by atoms with Crippen LogP contribution in [0, 0.1) is 0 Å². The molecule has 1 aliphatic heterocycles. The van der Waals surface area contributed by atoms with Crippen LogP contribution in [0.15, 0.2) is 23.1 Å². The molecule has 0 aliphatic carbocycles. The Hall–Kier alpha value is -1.32. The Labute approximate surface area is 118 Å². The van der Waals surface area contributed by atoms with Crippen LogP contribution in [-0.4, -0.2) is 45.6 Å². The van der Waals surface area contributed by atoms with Crippen LogP contribution in [0.2, 0.25) is 0 Å². The number of hydrogen-bond donors (Lipinski definition) is 2. The molecule has 1 aromatic carbocycles. The molecule has 1 saturated heterocycles. The summed E-state index contributed by atoms with van der Waals surface area (Å²) in [6.45, 7) is 0.837. The first kappa shape index (κ1) is 15.1. The molecule has 0 spiro atoms. The van der Waals surface area contributed by atoms with Crippen molar-refractivity contribution in [3.63, 3.8) is 0 Å². The first-order valence-corrected chi connectivity index (χ1v) is 9.34. The largest absolute Gasteiger partial charge is 0.506 e. The highest BCUT2D eigenvalue weighted by Crippen LogP contribution is 2.28. The lowest BCUT2D eigenvalue weighted by molar-refractivity contribution is 0.472. The number of phenolic OH excluding ortho intramolecular Hbond substituents is 1. The number of benzene rings is 1. The Morgan fingerprint density at radius 2 is 1.75 bits per heavy atom. The monoisotopic (exact) mass is 320 g/mol. The minimum absolute atomic E-state index is 0.0607. The van der Waals surface area contributed by atoms with E-state index in [1.54, 1.807) is 0 Å². The van der Waals surface area contributed by atoms with Crippen molar-refractivity contribution in [3.8, 4) is 5.75 Å². The Bertz CT molecular complexity index is 706. The van der Waals surface area contributed by atoms with Gasteiger partial charge in [0.1, 0.15) is 5.75 Å². The maximum Gasteiger partial charge on any atom is 0.301 e. The Morgan fingerprint density at radius 1 is 1.15 bits per heavy atom. The molecule has 7 nitrogen and oxygen atoms in total. The van der Waals surface area contributed by atoms with Gasteiger partial charge < -0.3 is 5.11 Å². The number of sulfone groups is 1. The van der Waals surface area contributed by atoms with E-state index in [-0.39, 0.29) is 16.3 Å². The van der Waals surface area contributed by atoms with Crippen molar-refractivity contribution in [1.29, 1.82) is 0 Å². The summed E-state index contributed by atoms with van der Waals surface area (Å²) in [4.78, 5) is -0.0607. The number of aromatic hydroxyl groups is 1. The number of phenols is 1. The Morgan fingerprint density at radius 3 is 2.30 bits per heavy atom. The van der Waals surface area contributed by atoms with Gasteiger partial charge in [0.15, 0.2) is 9.84 Å². The topological polar surface area (TPSA) is 104 Å². The maximum absolute atomic E-state index is 12.1. The molecule has 1 fully saturated rings. The van der Waals surface area contributed by atoms with E-state index < -0.39 is 20.0 Å². The van der Waals surface area contributed by atoms with Crippen molar-refractivity contribution in [2.45, 2.75) is 17.7 Å². The SMILES string of the molecule is CS(=O)(=O)c1ccc(O)c(NS(=O)(=O)N2CCCC2)c1. The zero-order valence-corrected chi connectivity index (χ0v) is 12.5. The molecule has 20 heavy (non-hydrogen) atoms. The van der Waals surface area contributed by atoms with E-state index in [1.807, 2.05) is 0 Å². The highest BCUT2D eigenvalue weighted by molar-refractivity contribution is 7.91. The van der Waals surface area contributed by atoms with E-state index in [0.29, 0.717) is 13.1 Å². The van der Waals surface area contributed by atoms with Gasteiger partial charge in [-0.05, 0) is 31.0 Å². The number of nitrogens with one attached hydrogen (secondary N) is 1. The third kappa shape index (κ3) is 3.22. The zero-order chi connectivity index (χ0) is 15.0. The van der Waals surface area contributed by atoms with Gasteiger partial charge in [0.05, 0.1) is 10.6 Å². The van der Waals surface area contributed by atoms with Crippen molar-refractivity contribution >= 4 is 25.7 Å². The number of nitrogens with zero attached hydrogens (tertiary/aromatic N) is 1. The first-order valence-electron chi connectivity index (χ1n) is 6.01. The van der Waals surface area contributed by atoms with Crippen LogP contribution in [0.4, 0.5) is 5.69 Å². The fraction of sp³-hybridized carbons (Fsp3) is 0.455. The van der Waals surface area contributed by atoms with E-state index in [0.717, 1.165) is 31.2 Å². The van der Waals surface area contributed by atoms with Gasteiger partial charge in [-0.2, -0.15) is 12.7 Å². The van der Waals surface area contributed by atoms with Gasteiger partial charge in [-0.25, -0.2) is 8.42 Å². The fourth-order valence-corrected chi connectivity index (χ4v) is 3.92. The number of rotatable bonds is 4. The summed E-state index contributed by atoms with van der Waals surface area (Å²) in [7, 11) is -7.25. The van der Waals surface area contributed by atoms with Gasteiger partial charge in [0.2, 0.25) is 0 Å². The van der Waals surface area contributed by atoms with Crippen molar-refractivity contribution in [2.75, 3.05) is 24.1 Å². The first-order chi connectivity index (χ1) is 9.20. The predicted molar refractivity (Wildman–Crippen MR) is 74.6 cm³/mol. The summed E-state index contributed by atoms with van der Waals surface area (Å²) in [5.74, 6) is -0.319. The van der Waals surface area contributed by atoms with Crippen LogP contribution in [0.5, 0.6) is 5.75 Å². The van der Waals surface area contributed by atoms with E-state index in [1.165, 1.54) is 10.4 Å². The minimum atomic E-state index is -3.77. The molecule has 0 unspecified atom stereocenters. The summed E-state index contributed by atoms with van der Waals surface area (Å²) in [6.07, 6.45) is 2.59. The lowest BCUT2D eigenvalue weighted by atomic mass is 10.3. The second-order valence-electron chi connectivity index (χ2n) is 4.66. The quantitative estimate of drug-likeness (QED) is 0.788. The van der Waals surface area contributed by atoms with Crippen LogP contribution in [0.1, 0.15) is 12.8 Å². The molecule has 2 rings (SSSR count). The molecule has 112 valence electrons.